The van der Waals surface area contributed by atoms with E-state index in [4.69, 9.17) is 19.6 Å². The average molecular weight is 444 g/mol. The van der Waals surface area contributed by atoms with Gasteiger partial charge in [-0.2, -0.15) is 0 Å². The van der Waals surface area contributed by atoms with E-state index in [1.807, 2.05) is 0 Å². The van der Waals surface area contributed by atoms with Gasteiger partial charge in [0.2, 0.25) is 0 Å². The number of hydrogen-bond donors (Lipinski definition) is 4. The topological polar surface area (TPSA) is 134 Å². The van der Waals surface area contributed by atoms with Crippen molar-refractivity contribution in [3.8, 4) is 0 Å². The van der Waals surface area contributed by atoms with Crippen LogP contribution >= 0.6 is 15.6 Å². The van der Waals surface area contributed by atoms with E-state index in [1.54, 1.807) is 0 Å². The maximum absolute atomic E-state index is 10.5. The molecule has 0 saturated carbocycles. The molecule has 0 amide bonds. The highest BCUT2D eigenvalue weighted by Crippen LogP contribution is 2.36. The van der Waals surface area contributed by atoms with Gasteiger partial charge in [-0.25, -0.2) is 9.13 Å². The van der Waals surface area contributed by atoms with E-state index in [0.717, 1.165) is 51.4 Å². The van der Waals surface area contributed by atoms with Crippen molar-refractivity contribution in [1.82, 2.24) is 0 Å². The van der Waals surface area contributed by atoms with E-state index >= 15 is 0 Å². The predicted molar refractivity (Wildman–Crippen MR) is 110 cm³/mol. The number of hydrogen-bond acceptors (Lipinski definition) is 4. The third kappa shape index (κ3) is 26.0. The van der Waals surface area contributed by atoms with Gasteiger partial charge in [-0.1, -0.05) is 63.5 Å². The summed E-state index contributed by atoms with van der Waals surface area (Å²) in [5.74, 6) is 0. The Labute approximate surface area is 169 Å². The summed E-state index contributed by atoms with van der Waals surface area (Å²) in [6.45, 7) is 0.243. The average Bonchev–Trinajstić information content (AvgIpc) is 2.58. The molecule has 0 aliphatic carbocycles. The number of allylic oxidation sites excluding steroid dienone is 2. The Bertz CT molecular complexity index is 472. The lowest BCUT2D eigenvalue weighted by Crippen LogP contribution is -1.92. The molecule has 0 fully saturated rings. The van der Waals surface area contributed by atoms with E-state index in [1.165, 1.54) is 25.7 Å². The fraction of sp³-hybridized carbons (Fsp3) is 0.889. The molecule has 0 spiro atoms. The Morgan fingerprint density at radius 2 is 0.786 bits per heavy atom. The van der Waals surface area contributed by atoms with E-state index in [9.17, 15) is 9.13 Å². The standard InChI is InChI=1S/C18H38O8P2/c19-27(20,21)25-17-15-13-11-9-7-5-3-1-2-4-6-8-10-12-14-16-18-26-28(22,23)24/h3,5H,1-2,4,6-18H2,(H2,19,20,21)(H2,22,23,24)/b5-3-. The second-order valence-electron chi connectivity index (χ2n) is 6.94. The van der Waals surface area contributed by atoms with Crippen LogP contribution in [0, 0.1) is 0 Å². The second-order valence-corrected chi connectivity index (χ2v) is 9.42. The Morgan fingerprint density at radius 3 is 1.11 bits per heavy atom. The molecule has 28 heavy (non-hydrogen) atoms. The number of rotatable bonds is 20. The number of phosphoric acid groups is 2. The zero-order valence-electron chi connectivity index (χ0n) is 16.8. The third-order valence-corrected chi connectivity index (χ3v) is 5.25. The van der Waals surface area contributed by atoms with Gasteiger partial charge in [-0.3, -0.25) is 9.05 Å². The van der Waals surface area contributed by atoms with Crippen LogP contribution in [0.1, 0.15) is 89.9 Å². The van der Waals surface area contributed by atoms with Gasteiger partial charge in [0.25, 0.3) is 0 Å². The van der Waals surface area contributed by atoms with Crippen molar-refractivity contribution in [2.75, 3.05) is 13.2 Å². The van der Waals surface area contributed by atoms with Gasteiger partial charge in [-0.05, 0) is 38.5 Å². The molecule has 0 aromatic carbocycles. The lowest BCUT2D eigenvalue weighted by atomic mass is 10.1. The molecular formula is C18H38O8P2. The zero-order valence-corrected chi connectivity index (χ0v) is 18.6. The minimum atomic E-state index is -4.30. The van der Waals surface area contributed by atoms with Crippen LogP contribution in [0.15, 0.2) is 12.2 Å². The van der Waals surface area contributed by atoms with Crippen LogP contribution in [0.5, 0.6) is 0 Å². The first-order chi connectivity index (χ1) is 13.2. The van der Waals surface area contributed by atoms with Crippen LogP contribution < -0.4 is 0 Å². The Balaban J connectivity index is 3.18. The van der Waals surface area contributed by atoms with Crippen molar-refractivity contribution in [1.29, 1.82) is 0 Å². The molecule has 0 atom stereocenters. The summed E-state index contributed by atoms with van der Waals surface area (Å²) in [5.41, 5.74) is 0. The minimum absolute atomic E-state index is 0.116. The van der Waals surface area contributed by atoms with Crippen molar-refractivity contribution < 1.29 is 37.8 Å². The summed E-state index contributed by atoms with van der Waals surface area (Å²) in [5, 5.41) is 0. The number of unbranched alkanes of at least 4 members (excludes halogenated alkanes) is 12. The molecule has 10 heteroatoms. The molecule has 0 bridgehead atoms. The van der Waals surface area contributed by atoms with Crippen molar-refractivity contribution >= 4 is 15.6 Å². The molecule has 0 rings (SSSR count). The van der Waals surface area contributed by atoms with Gasteiger partial charge in [0.05, 0.1) is 13.2 Å². The molecule has 8 nitrogen and oxygen atoms in total. The summed E-state index contributed by atoms with van der Waals surface area (Å²) < 4.78 is 29.8. The highest BCUT2D eigenvalue weighted by molar-refractivity contribution is 7.46. The van der Waals surface area contributed by atoms with Gasteiger partial charge in [0.15, 0.2) is 0 Å². The molecule has 0 heterocycles. The molecule has 0 aliphatic rings. The van der Waals surface area contributed by atoms with Crippen molar-refractivity contribution in [3.05, 3.63) is 12.2 Å². The SMILES string of the molecule is O=P(O)(O)OCCCCCC/C=C\CCCCCCCCCCOP(=O)(O)O. The summed E-state index contributed by atoms with van der Waals surface area (Å²) in [6.07, 6.45) is 19.1. The summed E-state index contributed by atoms with van der Waals surface area (Å²) >= 11 is 0. The molecule has 0 aromatic rings. The first kappa shape index (κ1) is 28.0. The Hall–Kier alpha value is -0.0400. The van der Waals surface area contributed by atoms with E-state index in [-0.39, 0.29) is 13.2 Å². The quantitative estimate of drug-likeness (QED) is 0.114. The van der Waals surface area contributed by atoms with Crippen LogP contribution in [-0.2, 0) is 18.2 Å². The fourth-order valence-corrected chi connectivity index (χ4v) is 3.48. The van der Waals surface area contributed by atoms with Crippen LogP contribution in [0.4, 0.5) is 0 Å². The van der Waals surface area contributed by atoms with Crippen LogP contribution in [-0.4, -0.2) is 32.8 Å². The van der Waals surface area contributed by atoms with Crippen LogP contribution in [0.3, 0.4) is 0 Å². The first-order valence-electron chi connectivity index (χ1n) is 10.3. The van der Waals surface area contributed by atoms with E-state index in [0.29, 0.717) is 12.8 Å². The summed E-state index contributed by atoms with van der Waals surface area (Å²) in [4.78, 5) is 34.2. The second kappa shape index (κ2) is 17.8. The molecule has 0 saturated heterocycles. The summed E-state index contributed by atoms with van der Waals surface area (Å²) in [6, 6.07) is 0. The lowest BCUT2D eigenvalue weighted by molar-refractivity contribution is 0.191. The lowest BCUT2D eigenvalue weighted by Gasteiger charge is -2.05. The van der Waals surface area contributed by atoms with Gasteiger partial charge >= 0.3 is 15.6 Å². The molecule has 168 valence electrons. The van der Waals surface area contributed by atoms with E-state index in [2.05, 4.69) is 21.2 Å². The van der Waals surface area contributed by atoms with Gasteiger partial charge < -0.3 is 19.6 Å². The molecule has 4 N–H and O–H groups in total. The van der Waals surface area contributed by atoms with Gasteiger partial charge in [0, 0.05) is 0 Å². The molecule has 0 unspecified atom stereocenters. The van der Waals surface area contributed by atoms with E-state index < -0.39 is 15.6 Å². The fourth-order valence-electron chi connectivity index (χ4n) is 2.75. The Kier molecular flexibility index (Phi) is 17.8. The largest absolute Gasteiger partial charge is 0.469 e. The van der Waals surface area contributed by atoms with Crippen LogP contribution in [0.2, 0.25) is 0 Å². The molecule has 0 aromatic heterocycles. The maximum atomic E-state index is 10.5. The van der Waals surface area contributed by atoms with Gasteiger partial charge in [-0.15, -0.1) is 0 Å². The minimum Gasteiger partial charge on any atom is -0.303 e. The van der Waals surface area contributed by atoms with Crippen molar-refractivity contribution in [2.24, 2.45) is 0 Å². The predicted octanol–water partition coefficient (Wildman–Crippen LogP) is 5.22. The first-order valence-corrected chi connectivity index (χ1v) is 13.3. The molecule has 0 radical (unpaired) electrons. The smallest absolute Gasteiger partial charge is 0.303 e. The van der Waals surface area contributed by atoms with Crippen molar-refractivity contribution in [2.45, 2.75) is 89.9 Å². The monoisotopic (exact) mass is 444 g/mol. The van der Waals surface area contributed by atoms with Crippen LogP contribution in [0.25, 0.3) is 0 Å². The summed E-state index contributed by atoms with van der Waals surface area (Å²) in [7, 11) is -8.60. The highest BCUT2D eigenvalue weighted by Gasteiger charge is 2.12. The number of phosphoric ester groups is 2. The highest BCUT2D eigenvalue weighted by atomic mass is 31.2. The van der Waals surface area contributed by atoms with Gasteiger partial charge in [0.1, 0.15) is 0 Å². The normalized spacial score (nSPS) is 12.9. The maximum Gasteiger partial charge on any atom is 0.469 e. The Morgan fingerprint density at radius 1 is 0.500 bits per heavy atom. The third-order valence-electron chi connectivity index (χ3n) is 4.22. The van der Waals surface area contributed by atoms with Crippen molar-refractivity contribution in [3.63, 3.8) is 0 Å². The molecular weight excluding hydrogens is 406 g/mol. The zero-order chi connectivity index (χ0) is 21.1. The molecule has 0 aliphatic heterocycles.